The van der Waals surface area contributed by atoms with E-state index in [1.54, 1.807) is 40.7 Å². The van der Waals surface area contributed by atoms with Crippen molar-refractivity contribution < 1.29 is 24.0 Å². The first-order valence-corrected chi connectivity index (χ1v) is 8.43. The maximum absolute atomic E-state index is 12.8. The number of ether oxygens (including phenoxy) is 2. The van der Waals surface area contributed by atoms with Gasteiger partial charge < -0.3 is 14.5 Å². The molecular weight excluding hydrogens is 352 g/mol. The second-order valence-corrected chi connectivity index (χ2v) is 6.87. The molecule has 0 atom stereocenters. The highest BCUT2D eigenvalue weighted by Gasteiger charge is 2.32. The molecule has 1 heterocycles. The van der Waals surface area contributed by atoms with Crippen molar-refractivity contribution in [2.75, 3.05) is 6.61 Å². The molecule has 2 aromatic rings. The average molecular weight is 374 g/mol. The predicted octanol–water partition coefficient (Wildman–Crippen LogP) is 4.03. The third-order valence-corrected chi connectivity index (χ3v) is 3.64. The number of hydrogen-bond donors (Lipinski definition) is 1. The van der Waals surface area contributed by atoms with Crippen LogP contribution in [0.3, 0.4) is 0 Å². The number of rotatable bonds is 5. The van der Waals surface area contributed by atoms with Gasteiger partial charge in [-0.05, 0) is 40.7 Å². The Balaban J connectivity index is 2.78. The minimum absolute atomic E-state index is 0.0236. The summed E-state index contributed by atoms with van der Waals surface area (Å²) in [5, 5.41) is 11.5. The molecule has 0 radical (unpaired) electrons. The van der Waals surface area contributed by atoms with Gasteiger partial charge in [0.2, 0.25) is 0 Å². The molecule has 8 heteroatoms. The van der Waals surface area contributed by atoms with Crippen LogP contribution in [-0.2, 0) is 9.47 Å². The number of hydrogen-bond acceptors (Lipinski definition) is 6. The number of aryl methyl sites for hydroxylation is 1. The number of benzene rings is 1. The lowest BCUT2D eigenvalue weighted by Crippen LogP contribution is -2.24. The number of aromatic amines is 1. The second kappa shape index (κ2) is 7.61. The van der Waals surface area contributed by atoms with Gasteiger partial charge in [-0.2, -0.15) is 0 Å². The first-order valence-electron chi connectivity index (χ1n) is 8.43. The zero-order valence-corrected chi connectivity index (χ0v) is 15.9. The van der Waals surface area contributed by atoms with E-state index in [0.29, 0.717) is 5.69 Å². The van der Waals surface area contributed by atoms with Crippen molar-refractivity contribution in [1.29, 1.82) is 0 Å². The van der Waals surface area contributed by atoms with Gasteiger partial charge in [-0.25, -0.2) is 9.59 Å². The third kappa shape index (κ3) is 4.33. The summed E-state index contributed by atoms with van der Waals surface area (Å²) in [7, 11) is 0. The van der Waals surface area contributed by atoms with E-state index in [0.717, 1.165) is 0 Å². The monoisotopic (exact) mass is 374 g/mol. The van der Waals surface area contributed by atoms with Crippen molar-refractivity contribution in [3.05, 3.63) is 51.3 Å². The fourth-order valence-corrected chi connectivity index (χ4v) is 2.68. The van der Waals surface area contributed by atoms with E-state index in [4.69, 9.17) is 9.47 Å². The largest absolute Gasteiger partial charge is 0.461 e. The Hall–Kier alpha value is -3.16. The fourth-order valence-electron chi connectivity index (χ4n) is 2.68. The SMILES string of the molecule is CCOC(=O)c1[nH]c(C)c(C(=O)OC(C)(C)C)c1-c1ccccc1[N+](=O)[O-]. The van der Waals surface area contributed by atoms with Crippen LogP contribution in [0.1, 0.15) is 54.2 Å². The van der Waals surface area contributed by atoms with Crippen molar-refractivity contribution in [2.24, 2.45) is 0 Å². The Labute approximate surface area is 156 Å². The van der Waals surface area contributed by atoms with Crippen molar-refractivity contribution >= 4 is 17.6 Å². The molecule has 2 rings (SSSR count). The lowest BCUT2D eigenvalue weighted by Gasteiger charge is -2.20. The van der Waals surface area contributed by atoms with Gasteiger partial charge in [0.1, 0.15) is 11.3 Å². The van der Waals surface area contributed by atoms with Crippen molar-refractivity contribution in [3.63, 3.8) is 0 Å². The summed E-state index contributed by atoms with van der Waals surface area (Å²) in [5.41, 5.74) is -0.354. The van der Waals surface area contributed by atoms with E-state index < -0.39 is 22.5 Å². The molecule has 1 aromatic carbocycles. The second-order valence-electron chi connectivity index (χ2n) is 6.87. The molecule has 144 valence electrons. The van der Waals surface area contributed by atoms with Crippen LogP contribution >= 0.6 is 0 Å². The van der Waals surface area contributed by atoms with E-state index in [1.165, 1.54) is 18.2 Å². The van der Waals surface area contributed by atoms with Gasteiger partial charge in [0.25, 0.3) is 5.69 Å². The van der Waals surface area contributed by atoms with Gasteiger partial charge in [-0.1, -0.05) is 12.1 Å². The van der Waals surface area contributed by atoms with E-state index in [1.807, 2.05) is 0 Å². The summed E-state index contributed by atoms with van der Waals surface area (Å²) in [4.78, 5) is 39.0. The van der Waals surface area contributed by atoms with Crippen LogP contribution in [0.25, 0.3) is 11.1 Å². The quantitative estimate of drug-likeness (QED) is 0.480. The van der Waals surface area contributed by atoms with Crippen LogP contribution in [0.5, 0.6) is 0 Å². The van der Waals surface area contributed by atoms with E-state index >= 15 is 0 Å². The number of aromatic nitrogens is 1. The van der Waals surface area contributed by atoms with E-state index in [9.17, 15) is 19.7 Å². The molecule has 0 aliphatic heterocycles. The number of nitrogens with zero attached hydrogens (tertiary/aromatic N) is 1. The third-order valence-electron chi connectivity index (χ3n) is 3.64. The van der Waals surface area contributed by atoms with Crippen LogP contribution in [-0.4, -0.2) is 34.1 Å². The first kappa shape index (κ1) is 20.2. The van der Waals surface area contributed by atoms with Crippen LogP contribution in [0.15, 0.2) is 24.3 Å². The summed E-state index contributed by atoms with van der Waals surface area (Å²) < 4.78 is 10.5. The van der Waals surface area contributed by atoms with Crippen molar-refractivity contribution in [2.45, 2.75) is 40.2 Å². The number of H-pyrrole nitrogens is 1. The highest BCUT2D eigenvalue weighted by Crippen LogP contribution is 2.37. The summed E-state index contributed by atoms with van der Waals surface area (Å²) in [6.45, 7) is 8.50. The molecular formula is C19H22N2O6. The lowest BCUT2D eigenvalue weighted by atomic mass is 9.98. The van der Waals surface area contributed by atoms with Gasteiger partial charge in [-0.15, -0.1) is 0 Å². The minimum Gasteiger partial charge on any atom is -0.461 e. The number of para-hydroxylation sites is 1. The van der Waals surface area contributed by atoms with Gasteiger partial charge >= 0.3 is 11.9 Å². The van der Waals surface area contributed by atoms with E-state index in [2.05, 4.69) is 4.98 Å². The maximum Gasteiger partial charge on any atom is 0.355 e. The fraction of sp³-hybridized carbons (Fsp3) is 0.368. The topological polar surface area (TPSA) is 112 Å². The van der Waals surface area contributed by atoms with Crippen molar-refractivity contribution in [3.8, 4) is 11.1 Å². The Morgan fingerprint density at radius 3 is 2.37 bits per heavy atom. The van der Waals surface area contributed by atoms with Gasteiger partial charge in [0, 0.05) is 17.3 Å². The highest BCUT2D eigenvalue weighted by molar-refractivity contribution is 6.07. The number of carbonyl (C=O) groups excluding carboxylic acids is 2. The summed E-state index contributed by atoms with van der Waals surface area (Å²) in [6, 6.07) is 5.90. The zero-order valence-electron chi connectivity index (χ0n) is 15.9. The average Bonchev–Trinajstić information content (AvgIpc) is 2.91. The molecule has 27 heavy (non-hydrogen) atoms. The summed E-state index contributed by atoms with van der Waals surface area (Å²) in [5.74, 6) is -1.39. The number of nitro groups is 1. The van der Waals surface area contributed by atoms with E-state index in [-0.39, 0.29) is 34.7 Å². The molecule has 0 bridgehead atoms. The normalized spacial score (nSPS) is 11.1. The van der Waals surface area contributed by atoms with Crippen LogP contribution in [0.4, 0.5) is 5.69 Å². The number of carbonyl (C=O) groups is 2. The molecule has 0 aliphatic rings. The molecule has 0 fully saturated rings. The predicted molar refractivity (Wildman–Crippen MR) is 98.7 cm³/mol. The van der Waals surface area contributed by atoms with Gasteiger partial charge in [-0.3, -0.25) is 10.1 Å². The Morgan fingerprint density at radius 1 is 1.19 bits per heavy atom. The standard InChI is InChI=1S/C19H22N2O6/c1-6-26-18(23)16-15(12-9-7-8-10-13(12)21(24)25)14(11(2)20-16)17(22)27-19(3,4)5/h7-10,20H,6H2,1-5H3. The Bertz CT molecular complexity index is 892. The maximum atomic E-state index is 12.8. The summed E-state index contributed by atoms with van der Waals surface area (Å²) >= 11 is 0. The van der Waals surface area contributed by atoms with Crippen LogP contribution < -0.4 is 0 Å². The van der Waals surface area contributed by atoms with Gasteiger partial charge in [0.05, 0.1) is 22.7 Å². The first-order chi connectivity index (χ1) is 12.6. The molecule has 0 saturated heterocycles. The molecule has 0 aliphatic carbocycles. The van der Waals surface area contributed by atoms with Crippen molar-refractivity contribution in [1.82, 2.24) is 4.98 Å². The molecule has 8 nitrogen and oxygen atoms in total. The molecule has 0 amide bonds. The highest BCUT2D eigenvalue weighted by atomic mass is 16.6. The van der Waals surface area contributed by atoms with Crippen LogP contribution in [0.2, 0.25) is 0 Å². The number of esters is 2. The Kier molecular flexibility index (Phi) is 5.68. The minimum atomic E-state index is -0.773. The molecule has 0 spiro atoms. The molecule has 0 saturated carbocycles. The molecule has 0 unspecified atom stereocenters. The lowest BCUT2D eigenvalue weighted by molar-refractivity contribution is -0.384. The number of nitro benzene ring substituents is 1. The van der Waals surface area contributed by atoms with Crippen LogP contribution in [0, 0.1) is 17.0 Å². The number of nitrogens with one attached hydrogen (secondary N) is 1. The molecule has 1 N–H and O–H groups in total. The summed E-state index contributed by atoms with van der Waals surface area (Å²) in [6.07, 6.45) is 0. The Morgan fingerprint density at radius 2 is 1.81 bits per heavy atom. The van der Waals surface area contributed by atoms with Gasteiger partial charge in [0.15, 0.2) is 0 Å². The smallest absolute Gasteiger partial charge is 0.355 e. The zero-order chi connectivity index (χ0) is 20.4. The molecule has 1 aromatic heterocycles.